The van der Waals surface area contributed by atoms with Gasteiger partial charge in [0.15, 0.2) is 0 Å². The number of esters is 1. The molecule has 1 rings (SSSR count). The number of hydrogen-bond donors (Lipinski definition) is 0. The minimum absolute atomic E-state index is 0.203. The largest absolute Gasteiger partial charge is 0.469 e. The summed E-state index contributed by atoms with van der Waals surface area (Å²) in [7, 11) is 1.34. The van der Waals surface area contributed by atoms with Gasteiger partial charge in [0.1, 0.15) is 0 Å². The Morgan fingerprint density at radius 2 is 1.88 bits per heavy atom. The van der Waals surface area contributed by atoms with Gasteiger partial charge in [-0.3, -0.25) is 4.79 Å². The molecule has 0 aliphatic heterocycles. The number of carbonyl (C=O) groups excluding carboxylic acids is 1. The first-order chi connectivity index (χ1) is 7.54. The van der Waals surface area contributed by atoms with Crippen molar-refractivity contribution in [2.75, 3.05) is 7.11 Å². The quantitative estimate of drug-likeness (QED) is 0.611. The Morgan fingerprint density at radius 1 is 1.31 bits per heavy atom. The van der Waals surface area contributed by atoms with Gasteiger partial charge in [0.25, 0.3) is 0 Å². The molecular weight excluding hydrogens is 270 g/mol. The van der Waals surface area contributed by atoms with Gasteiger partial charge in [-0.1, -0.05) is 47.0 Å². The zero-order valence-electron chi connectivity index (χ0n) is 8.47. The average Bonchev–Trinajstić information content (AvgIpc) is 2.25. The lowest BCUT2D eigenvalue weighted by Crippen LogP contribution is -1.96. The molecule has 0 bridgehead atoms. The van der Waals surface area contributed by atoms with E-state index in [9.17, 15) is 4.79 Å². The molecule has 0 fully saturated rings. The first-order valence-corrected chi connectivity index (χ1v) is 5.56. The molecule has 0 heterocycles. The summed E-state index contributed by atoms with van der Waals surface area (Å²) in [5, 5.41) is 1.09. The molecule has 0 saturated carbocycles. The summed E-state index contributed by atoms with van der Waals surface area (Å²) < 4.78 is 4.49. The van der Waals surface area contributed by atoms with Gasteiger partial charge in [0, 0.05) is 0 Å². The molecule has 16 heavy (non-hydrogen) atoms. The highest BCUT2D eigenvalue weighted by Crippen LogP contribution is 2.31. The van der Waals surface area contributed by atoms with Crippen LogP contribution in [0.15, 0.2) is 18.2 Å². The van der Waals surface area contributed by atoms with E-state index in [1.807, 2.05) is 0 Å². The van der Waals surface area contributed by atoms with Gasteiger partial charge in [-0.2, -0.15) is 0 Å². The van der Waals surface area contributed by atoms with Crippen molar-refractivity contribution in [1.82, 2.24) is 0 Å². The van der Waals surface area contributed by atoms with Gasteiger partial charge in [-0.15, -0.1) is 0 Å². The maximum atomic E-state index is 10.8. The second kappa shape index (κ2) is 6.14. The third kappa shape index (κ3) is 3.71. The van der Waals surface area contributed by atoms with Crippen LogP contribution in [0.1, 0.15) is 12.0 Å². The van der Waals surface area contributed by atoms with E-state index in [0.29, 0.717) is 15.1 Å². The molecule has 0 spiro atoms. The van der Waals surface area contributed by atoms with Crippen LogP contribution >= 0.6 is 34.8 Å². The topological polar surface area (TPSA) is 26.3 Å². The standard InChI is InChI=1S/C11H9Cl3O2/c1-16-10(15)4-2-3-7-5-8(12)11(14)9(13)6-7/h2-3,5-6H,4H2,1H3. The molecule has 5 heteroatoms. The van der Waals surface area contributed by atoms with E-state index >= 15 is 0 Å². The summed E-state index contributed by atoms with van der Waals surface area (Å²) in [6.07, 6.45) is 3.60. The van der Waals surface area contributed by atoms with Crippen molar-refractivity contribution < 1.29 is 9.53 Å². The molecule has 1 aromatic carbocycles. The van der Waals surface area contributed by atoms with Crippen LogP contribution in [0.25, 0.3) is 6.08 Å². The summed E-state index contributed by atoms with van der Waals surface area (Å²) in [6.45, 7) is 0. The number of carbonyl (C=O) groups is 1. The van der Waals surface area contributed by atoms with Crippen LogP contribution in [0.5, 0.6) is 0 Å². The lowest BCUT2D eigenvalue weighted by atomic mass is 10.2. The van der Waals surface area contributed by atoms with E-state index in [1.165, 1.54) is 7.11 Å². The summed E-state index contributed by atoms with van der Waals surface area (Å²) in [5.41, 5.74) is 0.781. The molecule has 0 unspecified atom stereocenters. The highest BCUT2D eigenvalue weighted by atomic mass is 35.5. The molecule has 0 radical (unpaired) electrons. The monoisotopic (exact) mass is 278 g/mol. The zero-order chi connectivity index (χ0) is 12.1. The lowest BCUT2D eigenvalue weighted by Gasteiger charge is -2.01. The van der Waals surface area contributed by atoms with E-state index < -0.39 is 0 Å². The van der Waals surface area contributed by atoms with Crippen LogP contribution in [0.3, 0.4) is 0 Å². The normalized spacial score (nSPS) is 10.8. The molecule has 2 nitrogen and oxygen atoms in total. The number of methoxy groups -OCH3 is 1. The van der Waals surface area contributed by atoms with Crippen molar-refractivity contribution in [3.63, 3.8) is 0 Å². The van der Waals surface area contributed by atoms with Crippen molar-refractivity contribution in [2.45, 2.75) is 6.42 Å². The molecule has 0 N–H and O–H groups in total. The van der Waals surface area contributed by atoms with Crippen molar-refractivity contribution >= 4 is 46.8 Å². The predicted molar refractivity (Wildman–Crippen MR) is 67.1 cm³/mol. The van der Waals surface area contributed by atoms with Crippen LogP contribution in [-0.2, 0) is 9.53 Å². The van der Waals surface area contributed by atoms with Crippen LogP contribution in [0, 0.1) is 0 Å². The Balaban J connectivity index is 2.78. The SMILES string of the molecule is COC(=O)CC=Cc1cc(Cl)c(Cl)c(Cl)c1. The molecule has 0 aliphatic carbocycles. The van der Waals surface area contributed by atoms with Gasteiger partial charge >= 0.3 is 5.97 Å². The zero-order valence-corrected chi connectivity index (χ0v) is 10.7. The van der Waals surface area contributed by atoms with Gasteiger partial charge in [0.2, 0.25) is 0 Å². The van der Waals surface area contributed by atoms with Crippen LogP contribution in [-0.4, -0.2) is 13.1 Å². The summed E-state index contributed by atoms with van der Waals surface area (Å²) in [6, 6.07) is 3.34. The summed E-state index contributed by atoms with van der Waals surface area (Å²) in [5.74, 6) is -0.303. The van der Waals surface area contributed by atoms with E-state index in [-0.39, 0.29) is 12.4 Å². The minimum atomic E-state index is -0.303. The van der Waals surface area contributed by atoms with Crippen molar-refractivity contribution in [1.29, 1.82) is 0 Å². The number of ether oxygens (including phenoxy) is 1. The third-order valence-corrected chi connectivity index (χ3v) is 3.03. The van der Waals surface area contributed by atoms with Crippen LogP contribution < -0.4 is 0 Å². The number of rotatable bonds is 3. The van der Waals surface area contributed by atoms with Gasteiger partial charge in [0.05, 0.1) is 28.6 Å². The second-order valence-corrected chi connectivity index (χ2v) is 4.17. The molecule has 0 saturated heterocycles. The number of halogens is 3. The minimum Gasteiger partial charge on any atom is -0.469 e. The molecular formula is C11H9Cl3O2. The molecule has 0 aromatic heterocycles. The molecule has 0 atom stereocenters. The van der Waals surface area contributed by atoms with Crippen molar-refractivity contribution in [2.24, 2.45) is 0 Å². The molecule has 0 amide bonds. The number of hydrogen-bond acceptors (Lipinski definition) is 2. The second-order valence-electron chi connectivity index (χ2n) is 2.98. The van der Waals surface area contributed by atoms with Crippen molar-refractivity contribution in [3.8, 4) is 0 Å². The maximum absolute atomic E-state index is 10.8. The smallest absolute Gasteiger partial charge is 0.309 e. The molecule has 1 aromatic rings. The third-order valence-electron chi connectivity index (χ3n) is 1.83. The van der Waals surface area contributed by atoms with Gasteiger partial charge < -0.3 is 4.74 Å². The first-order valence-electron chi connectivity index (χ1n) is 4.42. The Hall–Kier alpha value is -0.700. The fourth-order valence-corrected chi connectivity index (χ4v) is 1.66. The van der Waals surface area contributed by atoms with Gasteiger partial charge in [-0.05, 0) is 17.7 Å². The Morgan fingerprint density at radius 3 is 2.38 bits per heavy atom. The summed E-state index contributed by atoms with van der Waals surface area (Å²) >= 11 is 17.5. The van der Waals surface area contributed by atoms with Crippen LogP contribution in [0.4, 0.5) is 0 Å². The predicted octanol–water partition coefficient (Wildman–Crippen LogP) is 4.22. The Bertz CT molecular complexity index is 404. The van der Waals surface area contributed by atoms with Gasteiger partial charge in [-0.25, -0.2) is 0 Å². The maximum Gasteiger partial charge on any atom is 0.309 e. The average molecular weight is 280 g/mol. The van der Waals surface area contributed by atoms with E-state index in [4.69, 9.17) is 34.8 Å². The Kier molecular flexibility index (Phi) is 5.13. The van der Waals surface area contributed by atoms with E-state index in [1.54, 1.807) is 24.3 Å². The van der Waals surface area contributed by atoms with E-state index in [2.05, 4.69) is 4.74 Å². The number of benzene rings is 1. The van der Waals surface area contributed by atoms with E-state index in [0.717, 1.165) is 5.56 Å². The molecule has 0 aliphatic rings. The Labute approximate surface area is 109 Å². The van der Waals surface area contributed by atoms with Crippen molar-refractivity contribution in [3.05, 3.63) is 38.8 Å². The first kappa shape index (κ1) is 13.4. The fraction of sp³-hybridized carbons (Fsp3) is 0.182. The highest BCUT2D eigenvalue weighted by Gasteiger charge is 2.04. The molecule has 86 valence electrons. The summed E-state index contributed by atoms with van der Waals surface area (Å²) in [4.78, 5) is 10.8. The van der Waals surface area contributed by atoms with Crippen LogP contribution in [0.2, 0.25) is 15.1 Å². The fourth-order valence-electron chi connectivity index (χ4n) is 1.05. The lowest BCUT2D eigenvalue weighted by molar-refractivity contribution is -0.139. The highest BCUT2D eigenvalue weighted by molar-refractivity contribution is 6.48.